The molecule has 3 heteroatoms. The van der Waals surface area contributed by atoms with Crippen LogP contribution in [0, 0.1) is 13.8 Å². The standard InChI is InChI=1S/C10H12ClOSi/c1-6-7(2)10(12-3)8(5-11)4-9(6)13/h4H,5H2,1-3H3. The second-order valence-corrected chi connectivity index (χ2v) is 3.81. The minimum Gasteiger partial charge on any atom is -0.496 e. The van der Waals surface area contributed by atoms with E-state index in [0.29, 0.717) is 5.88 Å². The first-order valence-corrected chi connectivity index (χ1v) is 5.10. The van der Waals surface area contributed by atoms with Gasteiger partial charge in [0, 0.05) is 5.56 Å². The molecule has 0 aliphatic rings. The van der Waals surface area contributed by atoms with Gasteiger partial charge in [0.05, 0.1) is 23.2 Å². The van der Waals surface area contributed by atoms with Crippen molar-refractivity contribution in [1.82, 2.24) is 0 Å². The van der Waals surface area contributed by atoms with Crippen LogP contribution in [0.3, 0.4) is 0 Å². The monoisotopic (exact) mass is 211 g/mol. The maximum atomic E-state index is 5.81. The SMILES string of the molecule is COc1c(CCl)cc([Si])c(C)c1C. The van der Waals surface area contributed by atoms with Gasteiger partial charge in [-0.3, -0.25) is 0 Å². The van der Waals surface area contributed by atoms with Crippen molar-refractivity contribution in [3.63, 3.8) is 0 Å². The molecule has 0 amide bonds. The predicted molar refractivity (Wildman–Crippen MR) is 57.4 cm³/mol. The second-order valence-electron chi connectivity index (χ2n) is 3.00. The Morgan fingerprint density at radius 1 is 1.38 bits per heavy atom. The van der Waals surface area contributed by atoms with Gasteiger partial charge in [0.1, 0.15) is 5.75 Å². The molecule has 0 fully saturated rings. The third-order valence-electron chi connectivity index (χ3n) is 2.27. The number of hydrogen-bond donors (Lipinski definition) is 0. The molecule has 13 heavy (non-hydrogen) atoms. The molecule has 0 saturated heterocycles. The summed E-state index contributed by atoms with van der Waals surface area (Å²) in [6, 6.07) is 2.01. The van der Waals surface area contributed by atoms with Gasteiger partial charge in [0.2, 0.25) is 0 Å². The summed E-state index contributed by atoms with van der Waals surface area (Å²) < 4.78 is 5.30. The summed E-state index contributed by atoms with van der Waals surface area (Å²) in [5.74, 6) is 1.37. The lowest BCUT2D eigenvalue weighted by Crippen LogP contribution is -2.12. The zero-order chi connectivity index (χ0) is 10.0. The average Bonchev–Trinajstić information content (AvgIpc) is 2.13. The smallest absolute Gasteiger partial charge is 0.126 e. The third-order valence-corrected chi connectivity index (χ3v) is 3.07. The van der Waals surface area contributed by atoms with Crippen LogP contribution >= 0.6 is 11.6 Å². The second kappa shape index (κ2) is 4.16. The van der Waals surface area contributed by atoms with E-state index in [2.05, 4.69) is 17.2 Å². The van der Waals surface area contributed by atoms with Gasteiger partial charge in [-0.05, 0) is 25.0 Å². The highest BCUT2D eigenvalue weighted by Crippen LogP contribution is 2.25. The van der Waals surface area contributed by atoms with Gasteiger partial charge < -0.3 is 4.74 Å². The Hall–Kier alpha value is -0.473. The van der Waals surface area contributed by atoms with Crippen molar-refractivity contribution < 1.29 is 4.74 Å². The Morgan fingerprint density at radius 3 is 2.46 bits per heavy atom. The number of alkyl halides is 1. The third kappa shape index (κ3) is 1.89. The lowest BCUT2D eigenvalue weighted by Gasteiger charge is -2.14. The lowest BCUT2D eigenvalue weighted by molar-refractivity contribution is 0.408. The highest BCUT2D eigenvalue weighted by Gasteiger charge is 2.09. The van der Waals surface area contributed by atoms with E-state index < -0.39 is 0 Å². The van der Waals surface area contributed by atoms with Crippen molar-refractivity contribution in [2.75, 3.05) is 7.11 Å². The molecule has 0 unspecified atom stereocenters. The van der Waals surface area contributed by atoms with E-state index in [4.69, 9.17) is 16.3 Å². The maximum absolute atomic E-state index is 5.81. The fourth-order valence-electron chi connectivity index (χ4n) is 1.34. The van der Waals surface area contributed by atoms with Crippen molar-refractivity contribution in [2.24, 2.45) is 0 Å². The molecule has 1 aromatic rings. The van der Waals surface area contributed by atoms with E-state index in [0.717, 1.165) is 22.1 Å². The highest BCUT2D eigenvalue weighted by atomic mass is 35.5. The number of ether oxygens (including phenoxy) is 1. The van der Waals surface area contributed by atoms with Gasteiger partial charge in [-0.25, -0.2) is 0 Å². The van der Waals surface area contributed by atoms with Crippen LogP contribution in [0.5, 0.6) is 5.75 Å². The Labute approximate surface area is 87.5 Å². The largest absolute Gasteiger partial charge is 0.496 e. The van der Waals surface area contributed by atoms with E-state index in [9.17, 15) is 0 Å². The zero-order valence-electron chi connectivity index (χ0n) is 8.07. The van der Waals surface area contributed by atoms with Gasteiger partial charge in [0.25, 0.3) is 0 Å². The molecule has 0 aromatic heterocycles. The average molecular weight is 212 g/mol. The lowest BCUT2D eigenvalue weighted by atomic mass is 10.1. The summed E-state index contributed by atoms with van der Waals surface area (Å²) in [7, 11) is 5.21. The molecular weight excluding hydrogens is 200 g/mol. The summed E-state index contributed by atoms with van der Waals surface area (Å²) in [5, 5.41) is 1.08. The van der Waals surface area contributed by atoms with E-state index in [-0.39, 0.29) is 0 Å². The molecule has 0 saturated carbocycles. The molecular formula is C10H12ClOSi. The van der Waals surface area contributed by atoms with Gasteiger partial charge in [-0.1, -0.05) is 11.3 Å². The van der Waals surface area contributed by atoms with Crippen LogP contribution < -0.4 is 9.92 Å². The minimum absolute atomic E-state index is 0.474. The molecule has 69 valence electrons. The maximum Gasteiger partial charge on any atom is 0.126 e. The van der Waals surface area contributed by atoms with Crippen molar-refractivity contribution >= 4 is 27.0 Å². The van der Waals surface area contributed by atoms with Crippen LogP contribution in [0.1, 0.15) is 16.7 Å². The zero-order valence-corrected chi connectivity index (χ0v) is 9.83. The molecule has 1 aromatic carbocycles. The van der Waals surface area contributed by atoms with Crippen LogP contribution in [0.25, 0.3) is 0 Å². The first-order chi connectivity index (χ1) is 6.11. The summed E-state index contributed by atoms with van der Waals surface area (Å²) in [5.41, 5.74) is 3.37. The van der Waals surface area contributed by atoms with E-state index in [1.54, 1.807) is 7.11 Å². The van der Waals surface area contributed by atoms with Crippen molar-refractivity contribution in [3.05, 3.63) is 22.8 Å². The van der Waals surface area contributed by atoms with Gasteiger partial charge >= 0.3 is 0 Å². The normalized spacial score (nSPS) is 10.2. The molecule has 0 atom stereocenters. The Bertz CT molecular complexity index is 323. The molecule has 1 nitrogen and oxygen atoms in total. The first-order valence-electron chi connectivity index (χ1n) is 4.06. The van der Waals surface area contributed by atoms with Crippen LogP contribution in [0.2, 0.25) is 0 Å². The Balaban J connectivity index is 3.39. The van der Waals surface area contributed by atoms with Crippen LogP contribution in [-0.2, 0) is 5.88 Å². The number of benzene rings is 1. The van der Waals surface area contributed by atoms with Crippen molar-refractivity contribution in [1.29, 1.82) is 0 Å². The van der Waals surface area contributed by atoms with Crippen LogP contribution in [0.4, 0.5) is 0 Å². The molecule has 1 rings (SSSR count). The number of rotatable bonds is 2. The van der Waals surface area contributed by atoms with Crippen LogP contribution in [0.15, 0.2) is 6.07 Å². The number of methoxy groups -OCH3 is 1. The summed E-state index contributed by atoms with van der Waals surface area (Å²) in [6.07, 6.45) is 0. The van der Waals surface area contributed by atoms with Gasteiger partial charge in [0.15, 0.2) is 0 Å². The molecule has 0 spiro atoms. The highest BCUT2D eigenvalue weighted by molar-refractivity contribution is 6.33. The minimum atomic E-state index is 0.474. The molecule has 3 radical (unpaired) electrons. The Morgan fingerprint density at radius 2 is 2.00 bits per heavy atom. The fraction of sp³-hybridized carbons (Fsp3) is 0.400. The van der Waals surface area contributed by atoms with Gasteiger partial charge in [-0.2, -0.15) is 0 Å². The summed E-state index contributed by atoms with van der Waals surface area (Å²) in [6.45, 7) is 4.09. The van der Waals surface area contributed by atoms with E-state index in [1.807, 2.05) is 13.0 Å². The van der Waals surface area contributed by atoms with E-state index in [1.165, 1.54) is 5.56 Å². The van der Waals surface area contributed by atoms with Gasteiger partial charge in [-0.15, -0.1) is 11.6 Å². The number of halogens is 1. The Kier molecular flexibility index (Phi) is 3.39. The number of hydrogen-bond acceptors (Lipinski definition) is 1. The molecule has 0 aliphatic heterocycles. The predicted octanol–water partition coefficient (Wildman–Crippen LogP) is 1.84. The topological polar surface area (TPSA) is 9.23 Å². The van der Waals surface area contributed by atoms with Crippen LogP contribution in [-0.4, -0.2) is 17.4 Å². The molecule has 0 heterocycles. The first kappa shape index (κ1) is 10.6. The van der Waals surface area contributed by atoms with Crippen molar-refractivity contribution in [2.45, 2.75) is 19.7 Å². The summed E-state index contributed by atoms with van der Waals surface area (Å²) in [4.78, 5) is 0. The van der Waals surface area contributed by atoms with Crippen molar-refractivity contribution in [3.8, 4) is 5.75 Å². The fourth-order valence-corrected chi connectivity index (χ4v) is 1.90. The summed E-state index contributed by atoms with van der Waals surface area (Å²) >= 11 is 5.81. The molecule has 0 N–H and O–H groups in total. The molecule has 0 aliphatic carbocycles. The van der Waals surface area contributed by atoms with E-state index >= 15 is 0 Å². The molecule has 0 bridgehead atoms. The quantitative estimate of drug-likeness (QED) is 0.536.